The molecule has 0 aliphatic heterocycles. The van der Waals surface area contributed by atoms with E-state index < -0.39 is 0 Å². The van der Waals surface area contributed by atoms with E-state index in [1.807, 2.05) is 0 Å². The molecule has 0 radical (unpaired) electrons. The molecular weight excluding hydrogens is 270 g/mol. The molecule has 0 unspecified atom stereocenters. The Hall–Kier alpha value is -2.18. The Kier molecular flexibility index (Phi) is 5.48. The normalized spacial score (nSPS) is 13.6. The van der Waals surface area contributed by atoms with Gasteiger partial charge in [-0.2, -0.15) is 0 Å². The van der Waals surface area contributed by atoms with Gasteiger partial charge in [-0.05, 0) is 19.3 Å². The molecule has 0 spiro atoms. The summed E-state index contributed by atoms with van der Waals surface area (Å²) in [6.45, 7) is 3.70. The third-order valence-corrected chi connectivity index (χ3v) is 3.10. The molecule has 1 saturated carbocycles. The molecule has 21 heavy (non-hydrogen) atoms. The summed E-state index contributed by atoms with van der Waals surface area (Å²) < 4.78 is 0. The largest absolute Gasteiger partial charge is 0.369 e. The molecule has 1 aliphatic carbocycles. The molecule has 0 aromatic carbocycles. The molecule has 1 aliphatic rings. The molecule has 0 bridgehead atoms. The SMILES string of the molecule is CCCNc1cnc(C(=O)NCCNC(=O)C2CC2)cn1. The second kappa shape index (κ2) is 7.56. The van der Waals surface area contributed by atoms with Crippen LogP contribution in [0.2, 0.25) is 0 Å². The number of amides is 2. The highest BCUT2D eigenvalue weighted by molar-refractivity contribution is 5.92. The van der Waals surface area contributed by atoms with Gasteiger partial charge in [0.15, 0.2) is 0 Å². The molecule has 7 heteroatoms. The molecule has 0 atom stereocenters. The minimum Gasteiger partial charge on any atom is -0.369 e. The minimum absolute atomic E-state index is 0.0791. The quantitative estimate of drug-likeness (QED) is 0.608. The molecule has 7 nitrogen and oxygen atoms in total. The number of hydrogen-bond acceptors (Lipinski definition) is 5. The number of nitrogens with zero attached hydrogens (tertiary/aromatic N) is 2. The number of anilines is 1. The Morgan fingerprint density at radius 1 is 1.14 bits per heavy atom. The monoisotopic (exact) mass is 291 g/mol. The molecule has 114 valence electrons. The predicted molar refractivity (Wildman–Crippen MR) is 78.9 cm³/mol. The number of carbonyl (C=O) groups excluding carboxylic acids is 2. The van der Waals surface area contributed by atoms with Crippen molar-refractivity contribution in [2.45, 2.75) is 26.2 Å². The van der Waals surface area contributed by atoms with Gasteiger partial charge < -0.3 is 16.0 Å². The van der Waals surface area contributed by atoms with Crippen LogP contribution in [0.25, 0.3) is 0 Å². The van der Waals surface area contributed by atoms with E-state index in [-0.39, 0.29) is 23.4 Å². The highest BCUT2D eigenvalue weighted by atomic mass is 16.2. The maximum Gasteiger partial charge on any atom is 0.271 e. The Balaban J connectivity index is 1.68. The van der Waals surface area contributed by atoms with Crippen LogP contribution in [0.4, 0.5) is 5.82 Å². The molecular formula is C14H21N5O2. The van der Waals surface area contributed by atoms with Crippen LogP contribution in [0.3, 0.4) is 0 Å². The van der Waals surface area contributed by atoms with Gasteiger partial charge in [0.2, 0.25) is 5.91 Å². The fourth-order valence-electron chi connectivity index (χ4n) is 1.73. The smallest absolute Gasteiger partial charge is 0.271 e. The first-order valence-electron chi connectivity index (χ1n) is 7.32. The van der Waals surface area contributed by atoms with Crippen molar-refractivity contribution in [1.82, 2.24) is 20.6 Å². The van der Waals surface area contributed by atoms with Crippen molar-refractivity contribution in [2.24, 2.45) is 5.92 Å². The van der Waals surface area contributed by atoms with Crippen molar-refractivity contribution in [2.75, 3.05) is 25.0 Å². The Labute approximate surface area is 123 Å². The van der Waals surface area contributed by atoms with Gasteiger partial charge in [-0.1, -0.05) is 6.92 Å². The molecule has 1 heterocycles. The van der Waals surface area contributed by atoms with Gasteiger partial charge in [0.05, 0.1) is 12.4 Å². The van der Waals surface area contributed by atoms with Gasteiger partial charge in [-0.25, -0.2) is 9.97 Å². The fourth-order valence-corrected chi connectivity index (χ4v) is 1.73. The van der Waals surface area contributed by atoms with E-state index in [4.69, 9.17) is 0 Å². The van der Waals surface area contributed by atoms with Crippen molar-refractivity contribution < 1.29 is 9.59 Å². The molecule has 0 saturated heterocycles. The maximum atomic E-state index is 11.8. The summed E-state index contributed by atoms with van der Waals surface area (Å²) >= 11 is 0. The number of hydrogen-bond donors (Lipinski definition) is 3. The topological polar surface area (TPSA) is 96.0 Å². The van der Waals surface area contributed by atoms with Gasteiger partial charge in [0, 0.05) is 25.6 Å². The van der Waals surface area contributed by atoms with Gasteiger partial charge in [-0.15, -0.1) is 0 Å². The van der Waals surface area contributed by atoms with Crippen LogP contribution in [0.1, 0.15) is 36.7 Å². The second-order valence-corrected chi connectivity index (χ2v) is 5.03. The van der Waals surface area contributed by atoms with Crippen LogP contribution >= 0.6 is 0 Å². The third kappa shape index (κ3) is 5.02. The number of carbonyl (C=O) groups is 2. The molecule has 1 fully saturated rings. The fraction of sp³-hybridized carbons (Fsp3) is 0.571. The van der Waals surface area contributed by atoms with Crippen molar-refractivity contribution in [3.63, 3.8) is 0 Å². The summed E-state index contributed by atoms with van der Waals surface area (Å²) in [5.41, 5.74) is 0.269. The molecule has 1 aromatic heterocycles. The number of aromatic nitrogens is 2. The first kappa shape index (κ1) is 15.2. The molecule has 3 N–H and O–H groups in total. The van der Waals surface area contributed by atoms with Crippen LogP contribution in [-0.4, -0.2) is 41.4 Å². The first-order valence-corrected chi connectivity index (χ1v) is 7.32. The zero-order chi connectivity index (χ0) is 15.1. The van der Waals surface area contributed by atoms with E-state index in [1.54, 1.807) is 6.20 Å². The highest BCUT2D eigenvalue weighted by Gasteiger charge is 2.28. The maximum absolute atomic E-state index is 11.8. The average molecular weight is 291 g/mol. The summed E-state index contributed by atoms with van der Waals surface area (Å²) in [6, 6.07) is 0. The van der Waals surface area contributed by atoms with E-state index in [1.165, 1.54) is 6.20 Å². The number of rotatable bonds is 8. The lowest BCUT2D eigenvalue weighted by atomic mass is 10.4. The van der Waals surface area contributed by atoms with Gasteiger partial charge >= 0.3 is 0 Å². The number of nitrogens with one attached hydrogen (secondary N) is 3. The first-order chi connectivity index (χ1) is 10.2. The molecule has 2 rings (SSSR count). The summed E-state index contributed by atoms with van der Waals surface area (Å²) in [5, 5.41) is 8.57. The lowest BCUT2D eigenvalue weighted by Crippen LogP contribution is -2.35. The van der Waals surface area contributed by atoms with Crippen molar-refractivity contribution in [1.29, 1.82) is 0 Å². The average Bonchev–Trinajstić information content (AvgIpc) is 3.34. The van der Waals surface area contributed by atoms with Crippen LogP contribution < -0.4 is 16.0 Å². The zero-order valence-electron chi connectivity index (χ0n) is 12.2. The standard InChI is InChI=1S/C14H21N5O2/c1-2-5-15-12-9-18-11(8-19-12)14(21)17-7-6-16-13(20)10-3-4-10/h8-10H,2-7H2,1H3,(H,15,19)(H,16,20)(H,17,21). The summed E-state index contributed by atoms with van der Waals surface area (Å²) in [7, 11) is 0. The van der Waals surface area contributed by atoms with E-state index in [0.717, 1.165) is 25.8 Å². The zero-order valence-corrected chi connectivity index (χ0v) is 12.2. The van der Waals surface area contributed by atoms with Crippen LogP contribution in [0, 0.1) is 5.92 Å². The second-order valence-electron chi connectivity index (χ2n) is 5.03. The summed E-state index contributed by atoms with van der Waals surface area (Å²) in [4.78, 5) is 31.4. The lowest BCUT2D eigenvalue weighted by Gasteiger charge is -2.07. The summed E-state index contributed by atoms with van der Waals surface area (Å²) in [6.07, 6.45) is 5.93. The molecule has 1 aromatic rings. The predicted octanol–water partition coefficient (Wildman–Crippen LogP) is 0.554. The van der Waals surface area contributed by atoms with Crippen molar-refractivity contribution >= 4 is 17.6 Å². The highest BCUT2D eigenvalue weighted by Crippen LogP contribution is 2.28. The Bertz CT molecular complexity index is 485. The lowest BCUT2D eigenvalue weighted by molar-refractivity contribution is -0.122. The van der Waals surface area contributed by atoms with Gasteiger partial charge in [-0.3, -0.25) is 9.59 Å². The van der Waals surface area contributed by atoms with E-state index in [2.05, 4.69) is 32.8 Å². The van der Waals surface area contributed by atoms with E-state index >= 15 is 0 Å². The minimum atomic E-state index is -0.287. The van der Waals surface area contributed by atoms with Gasteiger partial charge in [0.25, 0.3) is 5.91 Å². The van der Waals surface area contributed by atoms with E-state index in [9.17, 15) is 9.59 Å². The Morgan fingerprint density at radius 3 is 2.52 bits per heavy atom. The van der Waals surface area contributed by atoms with Crippen LogP contribution in [-0.2, 0) is 4.79 Å². The van der Waals surface area contributed by atoms with Crippen LogP contribution in [0.15, 0.2) is 12.4 Å². The third-order valence-electron chi connectivity index (χ3n) is 3.10. The van der Waals surface area contributed by atoms with Crippen LogP contribution in [0.5, 0.6) is 0 Å². The van der Waals surface area contributed by atoms with E-state index in [0.29, 0.717) is 18.9 Å². The van der Waals surface area contributed by atoms with Crippen molar-refractivity contribution in [3.05, 3.63) is 18.1 Å². The summed E-state index contributed by atoms with van der Waals surface area (Å²) in [5.74, 6) is 0.639. The van der Waals surface area contributed by atoms with Gasteiger partial charge in [0.1, 0.15) is 11.5 Å². The van der Waals surface area contributed by atoms with Crippen molar-refractivity contribution in [3.8, 4) is 0 Å². The molecule has 2 amide bonds. The Morgan fingerprint density at radius 2 is 1.90 bits per heavy atom.